The van der Waals surface area contributed by atoms with E-state index >= 15 is 0 Å². The van der Waals surface area contributed by atoms with Gasteiger partial charge >= 0.3 is 0 Å². The second-order valence-electron chi connectivity index (χ2n) is 7.51. The molecule has 0 aliphatic carbocycles. The van der Waals surface area contributed by atoms with Gasteiger partial charge in [0.2, 0.25) is 0 Å². The summed E-state index contributed by atoms with van der Waals surface area (Å²) in [5, 5.41) is 2.93. The molecule has 0 heterocycles. The minimum absolute atomic E-state index is 0.0846. The number of anilines is 1. The number of aryl methyl sites for hydroxylation is 3. The number of benzene rings is 3. The fraction of sp³-hybridized carbons (Fsp3) is 0.208. The van der Waals surface area contributed by atoms with Crippen molar-refractivity contribution >= 4 is 21.6 Å². The first kappa shape index (κ1) is 21.6. The van der Waals surface area contributed by atoms with E-state index in [4.69, 9.17) is 0 Å². The number of nitrogens with one attached hydrogen (secondary N) is 2. The molecule has 6 heteroatoms. The number of sulfonamides is 1. The fourth-order valence-corrected chi connectivity index (χ4v) is 4.54. The van der Waals surface area contributed by atoms with Gasteiger partial charge in [-0.3, -0.25) is 9.52 Å². The molecule has 1 amide bonds. The van der Waals surface area contributed by atoms with E-state index in [0.717, 1.165) is 16.7 Å². The summed E-state index contributed by atoms with van der Waals surface area (Å²) in [6.45, 7) is 7.45. The zero-order valence-electron chi connectivity index (χ0n) is 17.6. The molecular formula is C24H26N2O3S. The molecule has 0 aromatic heterocycles. The number of rotatable bonds is 6. The van der Waals surface area contributed by atoms with Crippen molar-refractivity contribution in [3.8, 4) is 0 Å². The van der Waals surface area contributed by atoms with Crippen molar-refractivity contribution in [2.75, 3.05) is 4.72 Å². The maximum Gasteiger partial charge on any atom is 0.262 e. The molecule has 3 rings (SSSR count). The van der Waals surface area contributed by atoms with Crippen molar-refractivity contribution in [3.63, 3.8) is 0 Å². The summed E-state index contributed by atoms with van der Waals surface area (Å²) in [6.07, 6.45) is 0. The molecule has 0 aliphatic rings. The molecule has 0 saturated carbocycles. The second kappa shape index (κ2) is 8.71. The lowest BCUT2D eigenvalue weighted by Crippen LogP contribution is -2.27. The highest BCUT2D eigenvalue weighted by Crippen LogP contribution is 2.23. The predicted molar refractivity (Wildman–Crippen MR) is 120 cm³/mol. The van der Waals surface area contributed by atoms with Gasteiger partial charge in [-0.05, 0) is 62.6 Å². The number of amides is 1. The Kier molecular flexibility index (Phi) is 6.27. The third kappa shape index (κ3) is 4.89. The van der Waals surface area contributed by atoms with E-state index in [1.54, 1.807) is 31.2 Å². The number of carbonyl (C=O) groups excluding carboxylic acids is 1. The van der Waals surface area contributed by atoms with Gasteiger partial charge in [0.1, 0.15) is 0 Å². The van der Waals surface area contributed by atoms with Crippen molar-refractivity contribution in [2.45, 2.75) is 38.6 Å². The Bertz CT molecular complexity index is 1170. The molecule has 1 atom stereocenters. The molecule has 0 saturated heterocycles. The number of hydrogen-bond acceptors (Lipinski definition) is 3. The number of hydrogen-bond donors (Lipinski definition) is 2. The molecule has 2 N–H and O–H groups in total. The first-order valence-electron chi connectivity index (χ1n) is 9.74. The maximum absolute atomic E-state index is 13.0. The molecular weight excluding hydrogens is 396 g/mol. The summed E-state index contributed by atoms with van der Waals surface area (Å²) in [6, 6.07) is 19.6. The Morgan fingerprint density at radius 3 is 2.20 bits per heavy atom. The van der Waals surface area contributed by atoms with Gasteiger partial charge in [-0.1, -0.05) is 54.1 Å². The van der Waals surface area contributed by atoms with Gasteiger partial charge in [0.25, 0.3) is 15.9 Å². The average Bonchev–Trinajstić information content (AvgIpc) is 2.70. The highest BCUT2D eigenvalue weighted by molar-refractivity contribution is 7.92. The predicted octanol–water partition coefficient (Wildman–Crippen LogP) is 4.90. The monoisotopic (exact) mass is 422 g/mol. The zero-order valence-corrected chi connectivity index (χ0v) is 18.4. The summed E-state index contributed by atoms with van der Waals surface area (Å²) in [7, 11) is -3.84. The molecule has 0 spiro atoms. The van der Waals surface area contributed by atoms with Crippen LogP contribution in [0.3, 0.4) is 0 Å². The molecule has 3 aromatic carbocycles. The normalized spacial score (nSPS) is 12.3. The Morgan fingerprint density at radius 2 is 1.53 bits per heavy atom. The van der Waals surface area contributed by atoms with E-state index in [-0.39, 0.29) is 16.8 Å². The summed E-state index contributed by atoms with van der Waals surface area (Å²) in [5.41, 5.74) is 4.32. The van der Waals surface area contributed by atoms with Crippen LogP contribution >= 0.6 is 0 Å². The van der Waals surface area contributed by atoms with Crippen LogP contribution < -0.4 is 10.0 Å². The average molecular weight is 423 g/mol. The van der Waals surface area contributed by atoms with Gasteiger partial charge < -0.3 is 5.32 Å². The molecule has 0 radical (unpaired) electrons. The number of para-hydroxylation sites is 1. The highest BCUT2D eigenvalue weighted by Gasteiger charge is 2.20. The van der Waals surface area contributed by atoms with Gasteiger partial charge in [0, 0.05) is 5.56 Å². The lowest BCUT2D eigenvalue weighted by Gasteiger charge is -2.16. The van der Waals surface area contributed by atoms with Crippen LogP contribution in [0.15, 0.2) is 71.6 Å². The molecule has 0 aliphatic heterocycles. The van der Waals surface area contributed by atoms with Crippen LogP contribution in [0.25, 0.3) is 0 Å². The van der Waals surface area contributed by atoms with E-state index in [1.165, 1.54) is 6.07 Å². The largest absolute Gasteiger partial charge is 0.346 e. The van der Waals surface area contributed by atoms with E-state index in [9.17, 15) is 13.2 Å². The third-order valence-corrected chi connectivity index (χ3v) is 6.56. The molecule has 0 bridgehead atoms. The van der Waals surface area contributed by atoms with Crippen molar-refractivity contribution in [1.82, 2.24) is 5.32 Å². The molecule has 5 nitrogen and oxygen atoms in total. The molecule has 0 fully saturated rings. The van der Waals surface area contributed by atoms with E-state index < -0.39 is 10.0 Å². The Labute approximate surface area is 178 Å². The van der Waals surface area contributed by atoms with Crippen LogP contribution in [-0.4, -0.2) is 14.3 Å². The minimum Gasteiger partial charge on any atom is -0.346 e. The standard InChI is InChI=1S/C24H26N2O3S/c1-16-9-12-20(13-10-16)19(4)25-24(27)21-14-11-18(3)23(15-21)30(28,29)26-22-8-6-5-7-17(22)2/h5-15,19,26H,1-4H3,(H,25,27). The van der Waals surface area contributed by atoms with Gasteiger partial charge in [0.05, 0.1) is 16.6 Å². The maximum atomic E-state index is 13.0. The SMILES string of the molecule is Cc1ccc(C(C)NC(=O)c2ccc(C)c(S(=O)(=O)Nc3ccccc3C)c2)cc1. The highest BCUT2D eigenvalue weighted by atomic mass is 32.2. The Morgan fingerprint density at radius 1 is 0.867 bits per heavy atom. The molecule has 30 heavy (non-hydrogen) atoms. The van der Waals surface area contributed by atoms with E-state index in [1.807, 2.05) is 57.2 Å². The topological polar surface area (TPSA) is 75.3 Å². The summed E-state index contributed by atoms with van der Waals surface area (Å²) >= 11 is 0. The van der Waals surface area contributed by atoms with E-state index in [2.05, 4.69) is 10.0 Å². The van der Waals surface area contributed by atoms with Crippen molar-refractivity contribution in [3.05, 3.63) is 94.5 Å². The van der Waals surface area contributed by atoms with Crippen molar-refractivity contribution < 1.29 is 13.2 Å². The quantitative estimate of drug-likeness (QED) is 0.593. The van der Waals surface area contributed by atoms with Crippen LogP contribution in [0, 0.1) is 20.8 Å². The zero-order chi connectivity index (χ0) is 21.9. The second-order valence-corrected chi connectivity index (χ2v) is 9.16. The van der Waals surface area contributed by atoms with E-state index in [0.29, 0.717) is 16.8 Å². The minimum atomic E-state index is -3.84. The van der Waals surface area contributed by atoms with Crippen LogP contribution in [-0.2, 0) is 10.0 Å². The fourth-order valence-electron chi connectivity index (χ4n) is 3.14. The summed E-state index contributed by atoms with van der Waals surface area (Å²) in [5.74, 6) is -0.324. The van der Waals surface area contributed by atoms with Gasteiger partial charge in [-0.15, -0.1) is 0 Å². The van der Waals surface area contributed by atoms with Crippen molar-refractivity contribution in [2.24, 2.45) is 0 Å². The molecule has 1 unspecified atom stereocenters. The smallest absolute Gasteiger partial charge is 0.262 e. The first-order chi connectivity index (χ1) is 14.2. The third-order valence-electron chi connectivity index (χ3n) is 5.05. The summed E-state index contributed by atoms with van der Waals surface area (Å²) < 4.78 is 28.6. The van der Waals surface area contributed by atoms with Crippen molar-refractivity contribution in [1.29, 1.82) is 0 Å². The lowest BCUT2D eigenvalue weighted by atomic mass is 10.1. The first-order valence-corrected chi connectivity index (χ1v) is 11.2. The van der Waals surface area contributed by atoms with Gasteiger partial charge in [-0.2, -0.15) is 0 Å². The number of carbonyl (C=O) groups is 1. The Balaban J connectivity index is 1.84. The van der Waals surface area contributed by atoms with Gasteiger partial charge in [0.15, 0.2) is 0 Å². The van der Waals surface area contributed by atoms with Gasteiger partial charge in [-0.25, -0.2) is 8.42 Å². The lowest BCUT2D eigenvalue weighted by molar-refractivity contribution is 0.0939. The van der Waals surface area contributed by atoms with Crippen LogP contribution in [0.5, 0.6) is 0 Å². The summed E-state index contributed by atoms with van der Waals surface area (Å²) in [4.78, 5) is 12.9. The van der Waals surface area contributed by atoms with Crippen LogP contribution in [0.2, 0.25) is 0 Å². The Hall–Kier alpha value is -3.12. The van der Waals surface area contributed by atoms with Crippen LogP contribution in [0.4, 0.5) is 5.69 Å². The molecule has 3 aromatic rings. The molecule has 156 valence electrons. The van der Waals surface area contributed by atoms with Crippen LogP contribution in [0.1, 0.15) is 45.6 Å².